The van der Waals surface area contributed by atoms with Gasteiger partial charge >= 0.3 is 0 Å². The van der Waals surface area contributed by atoms with Crippen molar-refractivity contribution in [3.63, 3.8) is 0 Å². The van der Waals surface area contributed by atoms with Crippen LogP contribution in [-0.4, -0.2) is 27.3 Å². The molecule has 1 saturated carbocycles. The number of primary amides is 1. The Balaban J connectivity index is 2.25. The summed E-state index contributed by atoms with van der Waals surface area (Å²) in [5.41, 5.74) is 4.92. The summed E-state index contributed by atoms with van der Waals surface area (Å²) in [4.78, 5) is 11.9. The fraction of sp³-hybridized carbons (Fsp3) is 0.667. The zero-order chi connectivity index (χ0) is 13.3. The molecule has 5 nitrogen and oxygen atoms in total. The minimum atomic E-state index is -0.719. The average Bonchev–Trinajstić information content (AvgIpc) is 3.02. The maximum absolute atomic E-state index is 11.9. The van der Waals surface area contributed by atoms with Gasteiger partial charge in [-0.15, -0.1) is 0 Å². The van der Waals surface area contributed by atoms with E-state index in [0.29, 0.717) is 17.5 Å². The zero-order valence-corrected chi connectivity index (χ0v) is 11.4. The molecule has 1 heterocycles. The summed E-state index contributed by atoms with van der Waals surface area (Å²) in [7, 11) is 0. The van der Waals surface area contributed by atoms with Crippen LogP contribution in [0.25, 0.3) is 0 Å². The first-order valence-corrected chi connectivity index (χ1v) is 6.57. The van der Waals surface area contributed by atoms with Crippen molar-refractivity contribution in [3.05, 3.63) is 17.4 Å². The predicted molar refractivity (Wildman–Crippen MR) is 70.2 cm³/mol. The van der Waals surface area contributed by atoms with Gasteiger partial charge in [0.05, 0.1) is 17.8 Å². The highest BCUT2D eigenvalue weighted by Crippen LogP contribution is 2.41. The van der Waals surface area contributed by atoms with E-state index in [9.17, 15) is 4.79 Å². The van der Waals surface area contributed by atoms with Crippen molar-refractivity contribution >= 4 is 17.5 Å². The molecule has 0 saturated heterocycles. The lowest BCUT2D eigenvalue weighted by Crippen LogP contribution is -2.61. The first-order chi connectivity index (χ1) is 8.44. The Hall–Kier alpha value is -1.07. The number of carbonyl (C=O) groups is 1. The Bertz CT molecular complexity index is 441. The number of nitrogens with one attached hydrogen (secondary N) is 1. The van der Waals surface area contributed by atoms with Gasteiger partial charge in [-0.25, -0.2) is 0 Å². The molecule has 6 heteroatoms. The van der Waals surface area contributed by atoms with Gasteiger partial charge in [0.2, 0.25) is 5.91 Å². The molecule has 3 N–H and O–H groups in total. The van der Waals surface area contributed by atoms with Crippen molar-refractivity contribution in [1.82, 2.24) is 15.1 Å². The standard InChI is InChI=1S/C12H19ClN4O/c1-8(2)16-12(11(14)18,9-3-4-9)7-17-6-10(13)5-15-17/h5-6,8-9,16H,3-4,7H2,1-2H3,(H2,14,18). The minimum absolute atomic E-state index is 0.184. The van der Waals surface area contributed by atoms with Crippen LogP contribution in [-0.2, 0) is 11.3 Å². The van der Waals surface area contributed by atoms with Gasteiger partial charge in [-0.1, -0.05) is 11.6 Å². The largest absolute Gasteiger partial charge is 0.368 e. The summed E-state index contributed by atoms with van der Waals surface area (Å²) in [5, 5.41) is 8.04. The molecule has 2 rings (SSSR count). The zero-order valence-electron chi connectivity index (χ0n) is 10.7. The summed E-state index contributed by atoms with van der Waals surface area (Å²) < 4.78 is 1.68. The molecule has 0 radical (unpaired) electrons. The second-order valence-corrected chi connectivity index (χ2v) is 5.70. The summed E-state index contributed by atoms with van der Waals surface area (Å²) in [6.07, 6.45) is 5.33. The highest BCUT2D eigenvalue weighted by Gasteiger charge is 2.50. The van der Waals surface area contributed by atoms with Gasteiger partial charge in [0.15, 0.2) is 0 Å². The van der Waals surface area contributed by atoms with Crippen molar-refractivity contribution in [1.29, 1.82) is 0 Å². The minimum Gasteiger partial charge on any atom is -0.368 e. The lowest BCUT2D eigenvalue weighted by Gasteiger charge is -2.34. The summed E-state index contributed by atoms with van der Waals surface area (Å²) >= 11 is 5.85. The van der Waals surface area contributed by atoms with Gasteiger partial charge in [0.25, 0.3) is 0 Å². The van der Waals surface area contributed by atoms with Crippen molar-refractivity contribution in [2.45, 2.75) is 44.8 Å². The fourth-order valence-electron chi connectivity index (χ4n) is 2.41. The molecular weight excluding hydrogens is 252 g/mol. The number of nitrogens with two attached hydrogens (primary N) is 1. The summed E-state index contributed by atoms with van der Waals surface area (Å²) in [6.45, 7) is 4.45. The van der Waals surface area contributed by atoms with Gasteiger partial charge < -0.3 is 5.73 Å². The molecule has 1 amide bonds. The van der Waals surface area contributed by atoms with E-state index in [4.69, 9.17) is 17.3 Å². The van der Waals surface area contributed by atoms with Gasteiger partial charge in [-0.3, -0.25) is 14.8 Å². The van der Waals surface area contributed by atoms with Crippen LogP contribution in [0.4, 0.5) is 0 Å². The Morgan fingerprint density at radius 2 is 2.39 bits per heavy atom. The Labute approximate surface area is 112 Å². The molecule has 1 aliphatic rings. The lowest BCUT2D eigenvalue weighted by molar-refractivity contribution is -0.126. The third kappa shape index (κ3) is 2.67. The highest BCUT2D eigenvalue weighted by molar-refractivity contribution is 6.30. The molecule has 0 aliphatic heterocycles. The maximum Gasteiger partial charge on any atom is 0.239 e. The predicted octanol–water partition coefficient (Wildman–Crippen LogP) is 1.17. The Morgan fingerprint density at radius 3 is 2.78 bits per heavy atom. The molecule has 1 fully saturated rings. The number of hydrogen-bond donors (Lipinski definition) is 2. The number of aromatic nitrogens is 2. The van der Waals surface area contributed by atoms with E-state index in [1.807, 2.05) is 13.8 Å². The topological polar surface area (TPSA) is 72.9 Å². The third-order valence-electron chi connectivity index (χ3n) is 3.27. The smallest absolute Gasteiger partial charge is 0.239 e. The maximum atomic E-state index is 11.9. The molecule has 1 unspecified atom stereocenters. The van der Waals surface area contributed by atoms with Gasteiger partial charge in [0, 0.05) is 12.2 Å². The Kier molecular flexibility index (Phi) is 3.64. The number of carbonyl (C=O) groups excluding carboxylic acids is 1. The third-order valence-corrected chi connectivity index (χ3v) is 3.47. The SMILES string of the molecule is CC(C)NC(Cn1cc(Cl)cn1)(C(N)=O)C1CC1. The second-order valence-electron chi connectivity index (χ2n) is 5.27. The molecule has 1 atom stereocenters. The van der Waals surface area contributed by atoms with E-state index >= 15 is 0 Å². The van der Waals surface area contributed by atoms with Crippen molar-refractivity contribution in [2.75, 3.05) is 0 Å². The van der Waals surface area contributed by atoms with Crippen LogP contribution in [0.2, 0.25) is 5.02 Å². The monoisotopic (exact) mass is 270 g/mol. The Morgan fingerprint density at radius 1 is 1.72 bits per heavy atom. The van der Waals surface area contributed by atoms with E-state index in [2.05, 4.69) is 10.4 Å². The molecule has 0 aromatic carbocycles. The van der Waals surface area contributed by atoms with Gasteiger partial charge in [-0.05, 0) is 32.6 Å². The highest BCUT2D eigenvalue weighted by atomic mass is 35.5. The molecule has 0 bridgehead atoms. The van der Waals surface area contributed by atoms with Crippen LogP contribution in [0.5, 0.6) is 0 Å². The van der Waals surface area contributed by atoms with Gasteiger partial charge in [-0.2, -0.15) is 5.10 Å². The number of nitrogens with zero attached hydrogens (tertiary/aromatic N) is 2. The number of amides is 1. The molecule has 0 spiro atoms. The van der Waals surface area contributed by atoms with Crippen LogP contribution >= 0.6 is 11.6 Å². The number of rotatable bonds is 6. The normalized spacial score (nSPS) is 18.9. The average molecular weight is 271 g/mol. The molecule has 1 aromatic heterocycles. The molecular formula is C12H19ClN4O. The van der Waals surface area contributed by atoms with E-state index in [1.165, 1.54) is 0 Å². The van der Waals surface area contributed by atoms with Gasteiger partial charge in [0.1, 0.15) is 5.54 Å². The first kappa shape index (κ1) is 13.4. The molecule has 100 valence electrons. The molecule has 1 aliphatic carbocycles. The van der Waals surface area contributed by atoms with Crippen LogP contribution in [0.1, 0.15) is 26.7 Å². The van der Waals surface area contributed by atoms with Crippen LogP contribution in [0.15, 0.2) is 12.4 Å². The fourth-order valence-corrected chi connectivity index (χ4v) is 2.57. The van der Waals surface area contributed by atoms with Crippen molar-refractivity contribution in [3.8, 4) is 0 Å². The summed E-state index contributed by atoms with van der Waals surface area (Å²) in [6, 6.07) is 0.184. The van der Waals surface area contributed by atoms with E-state index < -0.39 is 5.54 Å². The first-order valence-electron chi connectivity index (χ1n) is 6.19. The van der Waals surface area contributed by atoms with Crippen molar-refractivity contribution < 1.29 is 4.79 Å². The summed E-state index contributed by atoms with van der Waals surface area (Å²) in [5.74, 6) is -0.0225. The quantitative estimate of drug-likeness (QED) is 0.815. The van der Waals surface area contributed by atoms with E-state index in [0.717, 1.165) is 12.8 Å². The van der Waals surface area contributed by atoms with E-state index in [1.54, 1.807) is 17.1 Å². The lowest BCUT2D eigenvalue weighted by atomic mass is 9.91. The second kappa shape index (κ2) is 4.90. The number of hydrogen-bond acceptors (Lipinski definition) is 3. The van der Waals surface area contributed by atoms with Crippen LogP contribution < -0.4 is 11.1 Å². The van der Waals surface area contributed by atoms with Crippen LogP contribution in [0.3, 0.4) is 0 Å². The number of halogens is 1. The van der Waals surface area contributed by atoms with Crippen molar-refractivity contribution in [2.24, 2.45) is 11.7 Å². The van der Waals surface area contributed by atoms with Crippen LogP contribution in [0, 0.1) is 5.92 Å². The molecule has 1 aromatic rings. The van der Waals surface area contributed by atoms with E-state index in [-0.39, 0.29) is 11.9 Å². The molecule has 18 heavy (non-hydrogen) atoms.